The van der Waals surface area contributed by atoms with Gasteiger partial charge in [-0.1, -0.05) is 48.9 Å². The summed E-state index contributed by atoms with van der Waals surface area (Å²) in [6.45, 7) is 5.65. The molecular formula is C16H18ClNOS. The molecule has 1 heterocycles. The van der Waals surface area contributed by atoms with Crippen molar-refractivity contribution in [2.24, 2.45) is 0 Å². The van der Waals surface area contributed by atoms with Crippen LogP contribution >= 0.6 is 22.9 Å². The molecule has 0 N–H and O–H groups in total. The molecule has 0 amide bonds. The lowest BCUT2D eigenvalue weighted by atomic mass is 10.1. The number of hydrogen-bond acceptors (Lipinski definition) is 3. The van der Waals surface area contributed by atoms with Gasteiger partial charge < -0.3 is 0 Å². The van der Waals surface area contributed by atoms with Gasteiger partial charge in [0.2, 0.25) is 0 Å². The van der Waals surface area contributed by atoms with Crippen molar-refractivity contribution in [3.8, 4) is 0 Å². The van der Waals surface area contributed by atoms with E-state index in [9.17, 15) is 4.79 Å². The second-order valence-corrected chi connectivity index (χ2v) is 6.41. The van der Waals surface area contributed by atoms with Gasteiger partial charge in [0, 0.05) is 6.54 Å². The molecule has 0 aliphatic heterocycles. The largest absolute Gasteiger partial charge is 0.291 e. The maximum Gasteiger partial charge on any atom is 0.189 e. The summed E-state index contributed by atoms with van der Waals surface area (Å²) in [5.74, 6) is 0.139. The van der Waals surface area contributed by atoms with Crippen molar-refractivity contribution >= 4 is 28.7 Å². The van der Waals surface area contributed by atoms with Crippen molar-refractivity contribution in [2.45, 2.75) is 26.4 Å². The molecule has 2 rings (SSSR count). The number of hydrogen-bond donors (Lipinski definition) is 0. The Labute approximate surface area is 129 Å². The van der Waals surface area contributed by atoms with E-state index < -0.39 is 0 Å². The van der Waals surface area contributed by atoms with Crippen LogP contribution in [0, 0.1) is 0 Å². The van der Waals surface area contributed by atoms with Gasteiger partial charge in [0.15, 0.2) is 5.78 Å². The number of rotatable bonds is 6. The molecule has 0 radical (unpaired) electrons. The topological polar surface area (TPSA) is 20.3 Å². The number of carbonyl (C=O) groups is 1. The number of thiophene rings is 1. The standard InChI is InChI=1S/C16H18ClNOS/c1-3-18(11-13-7-5-4-6-8-13)12(2)16(19)14-9-10-15(17)20-14/h4-10,12H,3,11H2,1-2H3. The average Bonchev–Trinajstić information content (AvgIpc) is 2.91. The van der Waals surface area contributed by atoms with Crippen LogP contribution in [0.3, 0.4) is 0 Å². The summed E-state index contributed by atoms with van der Waals surface area (Å²) in [5.41, 5.74) is 1.22. The Morgan fingerprint density at radius 3 is 2.50 bits per heavy atom. The van der Waals surface area contributed by atoms with Gasteiger partial charge in [-0.3, -0.25) is 9.69 Å². The van der Waals surface area contributed by atoms with E-state index in [4.69, 9.17) is 11.6 Å². The van der Waals surface area contributed by atoms with Gasteiger partial charge in [0.25, 0.3) is 0 Å². The minimum Gasteiger partial charge on any atom is -0.291 e. The molecule has 0 saturated carbocycles. The van der Waals surface area contributed by atoms with Crippen LogP contribution in [0.4, 0.5) is 0 Å². The van der Waals surface area contributed by atoms with Crippen molar-refractivity contribution in [3.63, 3.8) is 0 Å². The highest BCUT2D eigenvalue weighted by Gasteiger charge is 2.22. The molecule has 0 spiro atoms. The first-order valence-corrected chi connectivity index (χ1v) is 7.88. The Bertz CT molecular complexity index is 567. The van der Waals surface area contributed by atoms with Crippen LogP contribution in [0.1, 0.15) is 29.1 Å². The Hall–Kier alpha value is -1.16. The van der Waals surface area contributed by atoms with Crippen molar-refractivity contribution in [3.05, 3.63) is 57.2 Å². The quantitative estimate of drug-likeness (QED) is 0.733. The van der Waals surface area contributed by atoms with E-state index in [2.05, 4.69) is 24.0 Å². The van der Waals surface area contributed by atoms with Crippen LogP contribution in [-0.4, -0.2) is 23.3 Å². The van der Waals surface area contributed by atoms with Crippen LogP contribution in [-0.2, 0) is 6.54 Å². The molecule has 2 aromatic rings. The van der Waals surface area contributed by atoms with E-state index in [1.807, 2.05) is 31.2 Å². The molecule has 0 bridgehead atoms. The lowest BCUT2D eigenvalue weighted by Gasteiger charge is -2.26. The lowest BCUT2D eigenvalue weighted by molar-refractivity contribution is 0.0840. The lowest BCUT2D eigenvalue weighted by Crippen LogP contribution is -2.38. The first-order valence-electron chi connectivity index (χ1n) is 6.69. The number of halogens is 1. The van der Waals surface area contributed by atoms with Gasteiger partial charge in [-0.25, -0.2) is 0 Å². The van der Waals surface area contributed by atoms with Crippen LogP contribution in [0.25, 0.3) is 0 Å². The van der Waals surface area contributed by atoms with Crippen molar-refractivity contribution < 1.29 is 4.79 Å². The summed E-state index contributed by atoms with van der Waals surface area (Å²) in [6.07, 6.45) is 0. The smallest absolute Gasteiger partial charge is 0.189 e. The molecule has 1 aromatic carbocycles. The molecule has 1 unspecified atom stereocenters. The second-order valence-electron chi connectivity index (χ2n) is 4.69. The zero-order valence-electron chi connectivity index (χ0n) is 11.7. The molecule has 4 heteroatoms. The fraction of sp³-hybridized carbons (Fsp3) is 0.312. The molecule has 20 heavy (non-hydrogen) atoms. The molecule has 0 saturated heterocycles. The SMILES string of the molecule is CCN(Cc1ccccc1)C(C)C(=O)c1ccc(Cl)s1. The maximum atomic E-state index is 12.5. The first kappa shape index (κ1) is 15.2. The highest BCUT2D eigenvalue weighted by Crippen LogP contribution is 2.24. The summed E-state index contributed by atoms with van der Waals surface area (Å²) in [7, 11) is 0. The van der Waals surface area contributed by atoms with E-state index in [1.165, 1.54) is 16.9 Å². The molecule has 0 aliphatic carbocycles. The summed E-state index contributed by atoms with van der Waals surface area (Å²) in [6, 6.07) is 13.7. The normalized spacial score (nSPS) is 12.6. The highest BCUT2D eigenvalue weighted by molar-refractivity contribution is 7.18. The number of likely N-dealkylation sites (N-methyl/N-ethyl adjacent to an activating group) is 1. The van der Waals surface area contributed by atoms with Crippen molar-refractivity contribution in [1.29, 1.82) is 0 Å². The summed E-state index contributed by atoms with van der Waals surface area (Å²) < 4.78 is 0.659. The zero-order chi connectivity index (χ0) is 14.5. The summed E-state index contributed by atoms with van der Waals surface area (Å²) in [5, 5.41) is 0. The second kappa shape index (κ2) is 7.02. The number of nitrogens with zero attached hydrogens (tertiary/aromatic N) is 1. The van der Waals surface area contributed by atoms with Crippen LogP contribution in [0.2, 0.25) is 4.34 Å². The minimum absolute atomic E-state index is 0.139. The van der Waals surface area contributed by atoms with Crippen molar-refractivity contribution in [2.75, 3.05) is 6.54 Å². The third-order valence-corrected chi connectivity index (χ3v) is 4.62. The van der Waals surface area contributed by atoms with Crippen LogP contribution in [0.5, 0.6) is 0 Å². The van der Waals surface area contributed by atoms with Gasteiger partial charge >= 0.3 is 0 Å². The van der Waals surface area contributed by atoms with Crippen LogP contribution < -0.4 is 0 Å². The summed E-state index contributed by atoms with van der Waals surface area (Å²) in [4.78, 5) is 15.4. The fourth-order valence-electron chi connectivity index (χ4n) is 2.16. The third-order valence-electron chi connectivity index (χ3n) is 3.38. The average molecular weight is 308 g/mol. The van der Waals surface area contributed by atoms with Gasteiger partial charge in [0.05, 0.1) is 15.3 Å². The molecule has 0 fully saturated rings. The van der Waals surface area contributed by atoms with Crippen molar-refractivity contribution in [1.82, 2.24) is 4.90 Å². The summed E-state index contributed by atoms with van der Waals surface area (Å²) >= 11 is 7.25. The Balaban J connectivity index is 2.09. The predicted molar refractivity (Wildman–Crippen MR) is 85.6 cm³/mol. The number of carbonyl (C=O) groups excluding carboxylic acids is 1. The van der Waals surface area contributed by atoms with Gasteiger partial charge in [-0.15, -0.1) is 11.3 Å². The Morgan fingerprint density at radius 1 is 1.25 bits per heavy atom. The molecular weight excluding hydrogens is 290 g/mol. The fourth-order valence-corrected chi connectivity index (χ4v) is 3.22. The molecule has 1 aromatic heterocycles. The first-order chi connectivity index (χ1) is 9.61. The van der Waals surface area contributed by atoms with Gasteiger partial charge in [-0.05, 0) is 31.2 Å². The van der Waals surface area contributed by atoms with E-state index in [0.29, 0.717) is 4.34 Å². The Kier molecular flexibility index (Phi) is 5.35. The molecule has 106 valence electrons. The van der Waals surface area contributed by atoms with E-state index in [1.54, 1.807) is 6.07 Å². The van der Waals surface area contributed by atoms with E-state index in [0.717, 1.165) is 18.0 Å². The van der Waals surface area contributed by atoms with E-state index >= 15 is 0 Å². The number of benzene rings is 1. The minimum atomic E-state index is -0.144. The molecule has 0 aliphatic rings. The van der Waals surface area contributed by atoms with E-state index in [-0.39, 0.29) is 11.8 Å². The number of ketones is 1. The maximum absolute atomic E-state index is 12.5. The third kappa shape index (κ3) is 3.69. The van der Waals surface area contributed by atoms with Gasteiger partial charge in [0.1, 0.15) is 0 Å². The highest BCUT2D eigenvalue weighted by atomic mass is 35.5. The number of Topliss-reactive ketones (excluding diaryl/α,β-unsaturated/α-hetero) is 1. The molecule has 1 atom stereocenters. The monoisotopic (exact) mass is 307 g/mol. The van der Waals surface area contributed by atoms with Gasteiger partial charge in [-0.2, -0.15) is 0 Å². The molecule has 2 nitrogen and oxygen atoms in total. The Morgan fingerprint density at radius 2 is 1.95 bits per heavy atom. The predicted octanol–water partition coefficient (Wildman–Crippen LogP) is 4.49. The van der Waals surface area contributed by atoms with Crippen LogP contribution in [0.15, 0.2) is 42.5 Å². The zero-order valence-corrected chi connectivity index (χ0v) is 13.2.